The van der Waals surface area contributed by atoms with Gasteiger partial charge in [-0.25, -0.2) is 18.4 Å². The van der Waals surface area contributed by atoms with Crippen molar-refractivity contribution < 1.29 is 13.2 Å². The average molecular weight is 492 g/mol. The van der Waals surface area contributed by atoms with Crippen LogP contribution in [0.25, 0.3) is 16.9 Å². The third-order valence-electron chi connectivity index (χ3n) is 6.46. The van der Waals surface area contributed by atoms with E-state index < -0.39 is 10.0 Å². The lowest BCUT2D eigenvalue weighted by Gasteiger charge is -2.34. The summed E-state index contributed by atoms with van der Waals surface area (Å²) in [6.45, 7) is 6.56. The second-order valence-electron chi connectivity index (χ2n) is 8.86. The molecule has 0 spiro atoms. The third kappa shape index (κ3) is 4.54. The summed E-state index contributed by atoms with van der Waals surface area (Å²) in [4.78, 5) is 12.1. The first-order valence-corrected chi connectivity index (χ1v) is 13.1. The van der Waals surface area contributed by atoms with Crippen LogP contribution in [0.15, 0.2) is 65.7 Å². The number of aryl methyl sites for hydroxylation is 2. The average Bonchev–Trinajstić information content (AvgIpc) is 3.22. The molecule has 0 bridgehead atoms. The Morgan fingerprint density at radius 1 is 0.971 bits per heavy atom. The van der Waals surface area contributed by atoms with Crippen LogP contribution in [0.5, 0.6) is 5.75 Å². The van der Waals surface area contributed by atoms with Gasteiger partial charge in [0.05, 0.1) is 18.6 Å². The van der Waals surface area contributed by atoms with E-state index in [9.17, 15) is 8.42 Å². The minimum atomic E-state index is -3.52. The Morgan fingerprint density at radius 3 is 2.40 bits per heavy atom. The number of hydrogen-bond acceptors (Lipinski definition) is 6. The van der Waals surface area contributed by atoms with Gasteiger partial charge >= 0.3 is 0 Å². The minimum absolute atomic E-state index is 0.393. The Bertz CT molecular complexity index is 1460. The van der Waals surface area contributed by atoms with Gasteiger partial charge in [0.15, 0.2) is 5.65 Å². The van der Waals surface area contributed by atoms with Crippen LogP contribution in [0, 0.1) is 13.8 Å². The molecule has 3 heterocycles. The Labute approximate surface area is 205 Å². The monoisotopic (exact) mass is 491 g/mol. The van der Waals surface area contributed by atoms with Gasteiger partial charge in [0.1, 0.15) is 17.1 Å². The molecule has 0 radical (unpaired) electrons. The lowest BCUT2D eigenvalue weighted by Crippen LogP contribution is -2.48. The SMILES string of the molecule is COc1ccc(-n2c(CN3CCN(S(=O)(=O)c4ccc(C)cc4C)CC3)nc3cccnc32)cc1. The number of ether oxygens (including phenoxy) is 1. The highest BCUT2D eigenvalue weighted by atomic mass is 32.2. The van der Waals surface area contributed by atoms with Crippen LogP contribution in [0.1, 0.15) is 17.0 Å². The number of sulfonamides is 1. The van der Waals surface area contributed by atoms with Gasteiger partial charge in [0.25, 0.3) is 0 Å². The molecule has 0 unspecified atom stereocenters. The van der Waals surface area contributed by atoms with Gasteiger partial charge in [0.2, 0.25) is 10.0 Å². The molecule has 1 saturated heterocycles. The lowest BCUT2D eigenvalue weighted by atomic mass is 10.2. The molecule has 2 aromatic carbocycles. The maximum absolute atomic E-state index is 13.3. The second kappa shape index (κ2) is 9.41. The molecule has 5 rings (SSSR count). The van der Waals surface area contributed by atoms with Crippen LogP contribution in [0.4, 0.5) is 0 Å². The number of aromatic nitrogens is 3. The summed E-state index contributed by atoms with van der Waals surface area (Å²) < 4.78 is 35.5. The third-order valence-corrected chi connectivity index (χ3v) is 8.52. The number of piperazine rings is 1. The van der Waals surface area contributed by atoms with Gasteiger partial charge in [-0.1, -0.05) is 17.7 Å². The van der Waals surface area contributed by atoms with Crippen molar-refractivity contribution in [2.24, 2.45) is 0 Å². The number of methoxy groups -OCH3 is 1. The molecule has 0 amide bonds. The van der Waals surface area contributed by atoms with Crippen LogP contribution >= 0.6 is 0 Å². The van der Waals surface area contributed by atoms with E-state index in [4.69, 9.17) is 9.72 Å². The molecule has 0 saturated carbocycles. The molecule has 1 fully saturated rings. The van der Waals surface area contributed by atoms with Gasteiger partial charge in [-0.15, -0.1) is 0 Å². The molecular weight excluding hydrogens is 462 g/mol. The van der Waals surface area contributed by atoms with Crippen molar-refractivity contribution in [3.8, 4) is 11.4 Å². The molecule has 9 heteroatoms. The predicted octanol–water partition coefficient (Wildman–Crippen LogP) is 3.55. The van der Waals surface area contributed by atoms with Crippen LogP contribution < -0.4 is 4.74 Å². The largest absolute Gasteiger partial charge is 0.497 e. The summed E-state index contributed by atoms with van der Waals surface area (Å²) in [6.07, 6.45) is 1.77. The molecule has 4 aromatic rings. The predicted molar refractivity (Wildman–Crippen MR) is 135 cm³/mol. The molecule has 182 valence electrons. The molecule has 35 heavy (non-hydrogen) atoms. The summed E-state index contributed by atoms with van der Waals surface area (Å²) in [7, 11) is -1.87. The number of hydrogen-bond donors (Lipinski definition) is 0. The number of nitrogens with zero attached hydrogens (tertiary/aromatic N) is 5. The van der Waals surface area contributed by atoms with Gasteiger partial charge in [0, 0.05) is 38.1 Å². The summed E-state index contributed by atoms with van der Waals surface area (Å²) in [6, 6.07) is 17.2. The van der Waals surface area contributed by atoms with E-state index >= 15 is 0 Å². The number of rotatable bonds is 6. The van der Waals surface area contributed by atoms with Crippen LogP contribution in [-0.2, 0) is 16.6 Å². The summed E-state index contributed by atoms with van der Waals surface area (Å²) in [5.41, 5.74) is 4.42. The minimum Gasteiger partial charge on any atom is -0.497 e. The van der Waals surface area contributed by atoms with Gasteiger partial charge in [-0.05, 0) is 61.9 Å². The van der Waals surface area contributed by atoms with Crippen molar-refractivity contribution in [1.82, 2.24) is 23.7 Å². The Morgan fingerprint density at radius 2 is 1.71 bits per heavy atom. The molecule has 8 nitrogen and oxygen atoms in total. The molecule has 0 aliphatic carbocycles. The highest BCUT2D eigenvalue weighted by molar-refractivity contribution is 7.89. The van der Waals surface area contributed by atoms with E-state index in [2.05, 4.69) is 14.5 Å². The standard InChI is InChI=1S/C26H29N5O3S/c1-19-6-11-24(20(2)17-19)35(32,33)30-15-13-29(14-16-30)18-25-28-23-5-4-12-27-26(23)31(25)21-7-9-22(34-3)10-8-21/h4-12,17H,13-16,18H2,1-3H3. The smallest absolute Gasteiger partial charge is 0.243 e. The summed E-state index contributed by atoms with van der Waals surface area (Å²) in [5, 5.41) is 0. The van der Waals surface area contributed by atoms with E-state index in [1.54, 1.807) is 23.7 Å². The molecule has 1 aliphatic rings. The Hall–Kier alpha value is -3.27. The van der Waals surface area contributed by atoms with Crippen molar-refractivity contribution in [3.63, 3.8) is 0 Å². The molecule has 0 N–H and O–H groups in total. The molecule has 1 aliphatic heterocycles. The zero-order valence-electron chi connectivity index (χ0n) is 20.2. The van der Waals surface area contributed by atoms with E-state index in [1.807, 2.05) is 62.4 Å². The van der Waals surface area contributed by atoms with Crippen molar-refractivity contribution in [2.75, 3.05) is 33.3 Å². The number of fused-ring (bicyclic) bond motifs is 1. The first-order valence-electron chi connectivity index (χ1n) is 11.6. The fourth-order valence-corrected chi connectivity index (χ4v) is 6.25. The molecular formula is C26H29N5O3S. The highest BCUT2D eigenvalue weighted by Crippen LogP contribution is 2.25. The summed E-state index contributed by atoms with van der Waals surface area (Å²) >= 11 is 0. The fraction of sp³-hybridized carbons (Fsp3) is 0.308. The van der Waals surface area contributed by atoms with Crippen LogP contribution in [0.3, 0.4) is 0 Å². The van der Waals surface area contributed by atoms with E-state index in [0.29, 0.717) is 37.6 Å². The normalized spacial score (nSPS) is 15.5. The maximum atomic E-state index is 13.3. The zero-order valence-corrected chi connectivity index (χ0v) is 21.0. The molecule has 2 aromatic heterocycles. The van der Waals surface area contributed by atoms with Crippen LogP contribution in [0.2, 0.25) is 0 Å². The van der Waals surface area contributed by atoms with Crippen molar-refractivity contribution in [3.05, 3.63) is 77.7 Å². The van der Waals surface area contributed by atoms with E-state index in [-0.39, 0.29) is 0 Å². The highest BCUT2D eigenvalue weighted by Gasteiger charge is 2.30. The van der Waals surface area contributed by atoms with E-state index in [0.717, 1.165) is 39.6 Å². The number of pyridine rings is 1. The number of imidazole rings is 1. The first-order chi connectivity index (χ1) is 16.9. The van der Waals surface area contributed by atoms with Crippen molar-refractivity contribution in [1.29, 1.82) is 0 Å². The van der Waals surface area contributed by atoms with Crippen molar-refractivity contribution >= 4 is 21.2 Å². The molecule has 0 atom stereocenters. The van der Waals surface area contributed by atoms with Gasteiger partial charge in [-0.3, -0.25) is 9.47 Å². The maximum Gasteiger partial charge on any atom is 0.243 e. The van der Waals surface area contributed by atoms with Crippen LogP contribution in [-0.4, -0.2) is 65.4 Å². The zero-order chi connectivity index (χ0) is 24.6. The van der Waals surface area contributed by atoms with Gasteiger partial charge < -0.3 is 4.74 Å². The second-order valence-corrected chi connectivity index (χ2v) is 10.8. The first kappa shape index (κ1) is 23.5. The van der Waals surface area contributed by atoms with Gasteiger partial charge in [-0.2, -0.15) is 4.31 Å². The van der Waals surface area contributed by atoms with E-state index in [1.165, 1.54) is 0 Å². The Balaban J connectivity index is 1.36. The Kier molecular flexibility index (Phi) is 6.31. The quantitative estimate of drug-likeness (QED) is 0.410. The van der Waals surface area contributed by atoms with Crippen molar-refractivity contribution in [2.45, 2.75) is 25.3 Å². The topological polar surface area (TPSA) is 80.6 Å². The lowest BCUT2D eigenvalue weighted by molar-refractivity contribution is 0.177. The fourth-order valence-electron chi connectivity index (χ4n) is 4.62. The summed E-state index contributed by atoms with van der Waals surface area (Å²) in [5.74, 6) is 1.66. The number of benzene rings is 2.